The highest BCUT2D eigenvalue weighted by molar-refractivity contribution is 6.01. The molecule has 2 amide bonds. The highest BCUT2D eigenvalue weighted by Crippen LogP contribution is 2.44. The number of esters is 1. The zero-order chi connectivity index (χ0) is 25.3. The molecule has 3 rings (SSSR count). The Kier molecular flexibility index (Phi) is 6.99. The van der Waals surface area contributed by atoms with Crippen molar-refractivity contribution in [1.82, 2.24) is 10.2 Å². The van der Waals surface area contributed by atoms with Crippen LogP contribution in [0.4, 0.5) is 4.79 Å². The molecule has 1 aromatic rings. The molecule has 0 radical (unpaired) electrons. The van der Waals surface area contributed by atoms with E-state index in [1.807, 2.05) is 18.2 Å². The van der Waals surface area contributed by atoms with Crippen molar-refractivity contribution >= 4 is 23.9 Å². The Labute approximate surface area is 192 Å². The Morgan fingerprint density at radius 1 is 1.19 bits per heavy atom. The van der Waals surface area contributed by atoms with Gasteiger partial charge in [-0.25, -0.2) is 4.79 Å². The highest BCUT2D eigenvalue weighted by Gasteiger charge is 2.46. The predicted molar refractivity (Wildman–Crippen MR) is 120 cm³/mol. The molecule has 0 unspecified atom stereocenters. The minimum absolute atomic E-state index is 0.0526. The summed E-state index contributed by atoms with van der Waals surface area (Å²) in [6.07, 6.45) is 8.13. The third kappa shape index (κ3) is 7.83. The first-order valence-corrected chi connectivity index (χ1v) is 10.9. The van der Waals surface area contributed by atoms with E-state index in [0.29, 0.717) is 23.3 Å². The number of likely N-dealkylation sites (N-methyl/N-ethyl adjacent to an activating group) is 1. The zero-order valence-corrected chi connectivity index (χ0v) is 18.0. The van der Waals surface area contributed by atoms with E-state index < -0.39 is 43.1 Å². The number of carbonyl (C=O) groups excluding carboxylic acids is 3. The van der Waals surface area contributed by atoms with E-state index in [1.54, 1.807) is 24.3 Å². The number of aliphatic imine (C=N–C) groups is 1. The van der Waals surface area contributed by atoms with Crippen molar-refractivity contribution in [3.63, 3.8) is 0 Å². The number of ether oxygens (including phenoxy) is 2. The van der Waals surface area contributed by atoms with Gasteiger partial charge in [0.2, 0.25) is 11.9 Å². The van der Waals surface area contributed by atoms with Crippen LogP contribution in [0, 0.1) is 0 Å². The molecular weight excluding hydrogens is 410 g/mol. The number of nitrogens with zero attached hydrogens (tertiary/aromatic N) is 2. The minimum atomic E-state index is -2.88. The van der Waals surface area contributed by atoms with E-state index in [-0.39, 0.29) is 13.0 Å². The number of rotatable bonds is 2. The van der Waals surface area contributed by atoms with Crippen LogP contribution in [-0.4, -0.2) is 48.0 Å². The van der Waals surface area contributed by atoms with Gasteiger partial charge in [-0.05, 0) is 50.5 Å². The molecule has 0 atom stereocenters. The van der Waals surface area contributed by atoms with Gasteiger partial charge in [0.1, 0.15) is 18.8 Å². The third-order valence-electron chi connectivity index (χ3n) is 5.29. The van der Waals surface area contributed by atoms with Gasteiger partial charge in [0.25, 0.3) is 0 Å². The van der Waals surface area contributed by atoms with Crippen molar-refractivity contribution in [1.29, 1.82) is 0 Å². The predicted octanol–water partition coefficient (Wildman–Crippen LogP) is 3.71. The lowest BCUT2D eigenvalue weighted by molar-refractivity contribution is -0.151. The second kappa shape index (κ2) is 11.5. The molecule has 1 aliphatic carbocycles. The molecule has 8 nitrogen and oxygen atoms in total. The van der Waals surface area contributed by atoms with Crippen LogP contribution in [0.25, 0.3) is 0 Å². The summed E-state index contributed by atoms with van der Waals surface area (Å²) in [7, 11) is 0. The Morgan fingerprint density at radius 3 is 2.72 bits per heavy atom. The molecule has 1 heterocycles. The number of nitrogens with one attached hydrogen (secondary N) is 1. The molecule has 1 N–H and O–H groups in total. The monoisotopic (exact) mass is 444 g/mol. The average molecular weight is 445 g/mol. The van der Waals surface area contributed by atoms with Crippen LogP contribution in [0.2, 0.25) is 0 Å². The van der Waals surface area contributed by atoms with Gasteiger partial charge in [-0.1, -0.05) is 42.5 Å². The van der Waals surface area contributed by atoms with E-state index in [4.69, 9.17) is 13.6 Å². The Balaban J connectivity index is 1.82. The molecule has 32 heavy (non-hydrogen) atoms. The van der Waals surface area contributed by atoms with Gasteiger partial charge in [-0.2, -0.15) is 0 Å². The lowest BCUT2D eigenvalue weighted by Gasteiger charge is -2.23. The number of carbonyl (C=O) groups is 3. The number of benzene rings is 1. The van der Waals surface area contributed by atoms with Crippen LogP contribution in [-0.2, 0) is 25.7 Å². The second-order valence-electron chi connectivity index (χ2n) is 8.02. The summed E-state index contributed by atoms with van der Waals surface area (Å²) >= 11 is 0. The van der Waals surface area contributed by atoms with Gasteiger partial charge in [-0.3, -0.25) is 14.9 Å². The van der Waals surface area contributed by atoms with Crippen molar-refractivity contribution in [2.24, 2.45) is 4.99 Å². The van der Waals surface area contributed by atoms with E-state index in [1.165, 1.54) is 0 Å². The van der Waals surface area contributed by atoms with Gasteiger partial charge < -0.3 is 14.4 Å². The molecule has 1 spiro atoms. The first-order valence-electron chi connectivity index (χ1n) is 12.4. The quantitative estimate of drug-likeness (QED) is 0.552. The number of hydrogen-bond donors (Lipinski definition) is 1. The maximum Gasteiger partial charge on any atom is 0.437 e. The molecule has 2 aliphatic rings. The Morgan fingerprint density at radius 2 is 1.97 bits per heavy atom. The lowest BCUT2D eigenvalue weighted by atomic mass is 10.1. The fourth-order valence-corrected chi connectivity index (χ4v) is 3.36. The van der Waals surface area contributed by atoms with E-state index in [0.717, 1.165) is 32.1 Å². The molecule has 8 heteroatoms. The number of hydrogen-bond acceptors (Lipinski definition) is 5. The fourth-order valence-electron chi connectivity index (χ4n) is 3.36. The smallest absolute Gasteiger partial charge is 0.437 e. The van der Waals surface area contributed by atoms with Gasteiger partial charge in [0, 0.05) is 17.5 Å². The van der Waals surface area contributed by atoms with Crippen LogP contribution in [0.1, 0.15) is 61.0 Å². The van der Waals surface area contributed by atoms with Gasteiger partial charge in [0.05, 0.1) is 0 Å². The maximum atomic E-state index is 12.7. The van der Waals surface area contributed by atoms with E-state index in [9.17, 15) is 14.4 Å². The molecule has 1 fully saturated rings. The largest absolute Gasteiger partial charge is 0.458 e. The van der Waals surface area contributed by atoms with E-state index >= 15 is 0 Å². The number of allylic oxidation sites excluding steroid dienone is 2. The third-order valence-corrected chi connectivity index (χ3v) is 5.29. The topological polar surface area (TPSA) is 97.3 Å². The van der Waals surface area contributed by atoms with Crippen LogP contribution >= 0.6 is 0 Å². The fraction of sp³-hybridized carbons (Fsp3) is 0.500. The van der Waals surface area contributed by atoms with Crippen molar-refractivity contribution < 1.29 is 28.0 Å². The lowest BCUT2D eigenvalue weighted by Crippen LogP contribution is -2.45. The van der Waals surface area contributed by atoms with Crippen molar-refractivity contribution in [2.75, 3.05) is 13.5 Å². The van der Waals surface area contributed by atoms with Gasteiger partial charge in [0.15, 0.2) is 0 Å². The first-order chi connectivity index (χ1) is 16.7. The molecule has 1 saturated carbocycles. The molecule has 1 aromatic carbocycles. The SMILES string of the molecule is [2H]C([2H])([2H])N1CC(=O)OC2(CCCC/C=C/CCC(=O)N/C1=N/C(=O)OCc1ccccc1)CC2. The van der Waals surface area contributed by atoms with Gasteiger partial charge >= 0.3 is 12.1 Å². The van der Waals surface area contributed by atoms with Crippen LogP contribution < -0.4 is 5.32 Å². The normalized spacial score (nSPS) is 23.9. The molecule has 0 aromatic heterocycles. The summed E-state index contributed by atoms with van der Waals surface area (Å²) in [5.41, 5.74) is 0.147. The summed E-state index contributed by atoms with van der Waals surface area (Å²) in [5, 5.41) is 2.38. The molecule has 0 saturated heterocycles. The molecular formula is C24H31N3O5. The highest BCUT2D eigenvalue weighted by atomic mass is 16.6. The number of guanidine groups is 1. The Hall–Kier alpha value is -3.16. The molecule has 172 valence electrons. The molecule has 0 bridgehead atoms. The van der Waals surface area contributed by atoms with E-state index in [2.05, 4.69) is 10.3 Å². The standard InChI is InChI=1S/C24H31N3O5/c1-27-17-21(29)32-24(15-16-24)14-10-5-3-2-4-9-13-20(28)25-22(27)26-23(30)31-18-19-11-7-6-8-12-19/h2,4,6-8,11-12H,3,5,9-10,13-18H2,1H3,(H,25,26,28,30)/b4-2+/i1D3. The maximum absolute atomic E-state index is 12.7. The Bertz CT molecular complexity index is 959. The van der Waals surface area contributed by atoms with Crippen LogP contribution in [0.15, 0.2) is 47.5 Å². The van der Waals surface area contributed by atoms with Crippen molar-refractivity contribution in [3.8, 4) is 0 Å². The minimum Gasteiger partial charge on any atom is -0.458 e. The first kappa shape index (κ1) is 19.5. The van der Waals surface area contributed by atoms with Crippen molar-refractivity contribution in [3.05, 3.63) is 48.0 Å². The second-order valence-corrected chi connectivity index (χ2v) is 8.02. The summed E-state index contributed by atoms with van der Waals surface area (Å²) in [6, 6.07) is 8.87. The summed E-state index contributed by atoms with van der Waals surface area (Å²) in [5.74, 6) is -1.88. The summed E-state index contributed by atoms with van der Waals surface area (Å²) in [4.78, 5) is 41.9. The van der Waals surface area contributed by atoms with Crippen molar-refractivity contribution in [2.45, 2.75) is 63.6 Å². The summed E-state index contributed by atoms with van der Waals surface area (Å²) in [6.45, 7) is -3.68. The average Bonchev–Trinajstić information content (AvgIpc) is 3.56. The van der Waals surface area contributed by atoms with Crippen LogP contribution in [0.5, 0.6) is 0 Å². The summed E-state index contributed by atoms with van der Waals surface area (Å²) < 4.78 is 34.4. The molecule has 1 aliphatic heterocycles. The van der Waals surface area contributed by atoms with Crippen LogP contribution in [0.3, 0.4) is 0 Å². The number of amides is 2. The zero-order valence-electron chi connectivity index (χ0n) is 21.0. The van der Waals surface area contributed by atoms with Gasteiger partial charge in [-0.15, -0.1) is 4.99 Å².